The number of hydrogen-bond acceptors (Lipinski definition) is 4. The van der Waals surface area contributed by atoms with E-state index >= 15 is 0 Å². The summed E-state index contributed by atoms with van der Waals surface area (Å²) in [5.41, 5.74) is 2.89. The van der Waals surface area contributed by atoms with Crippen molar-refractivity contribution in [1.82, 2.24) is 10.2 Å². The van der Waals surface area contributed by atoms with Crippen LogP contribution in [0.4, 0.5) is 10.1 Å². The van der Waals surface area contributed by atoms with Crippen molar-refractivity contribution in [2.45, 2.75) is 32.6 Å². The lowest BCUT2D eigenvalue weighted by Crippen LogP contribution is -2.47. The fourth-order valence-electron chi connectivity index (χ4n) is 4.39. The van der Waals surface area contributed by atoms with E-state index in [-0.39, 0.29) is 11.7 Å². The van der Waals surface area contributed by atoms with Crippen molar-refractivity contribution in [2.24, 2.45) is 5.92 Å². The normalized spacial score (nSPS) is 19.8. The minimum Gasteiger partial charge on any atom is -0.367 e. The number of hydrogen-bond donors (Lipinski definition) is 1. The number of fused-ring (bicyclic) bond motifs is 1. The van der Waals surface area contributed by atoms with Crippen molar-refractivity contribution < 1.29 is 9.18 Å². The molecule has 2 aromatic rings. The Morgan fingerprint density at radius 1 is 1.24 bits per heavy atom. The van der Waals surface area contributed by atoms with E-state index < -0.39 is 0 Å². The molecule has 2 heterocycles. The topological polar surface area (TPSA) is 35.6 Å². The first-order chi connectivity index (χ1) is 14.1. The molecule has 0 saturated carbocycles. The van der Waals surface area contributed by atoms with Crippen LogP contribution in [-0.2, 0) is 12.8 Å². The molecule has 1 saturated heterocycles. The molecular formula is C23H30FN3OS. The van der Waals surface area contributed by atoms with Crippen LogP contribution in [0.25, 0.3) is 0 Å². The molecule has 4 nitrogen and oxygen atoms in total. The highest BCUT2D eigenvalue weighted by molar-refractivity contribution is 7.10. The highest BCUT2D eigenvalue weighted by atomic mass is 32.1. The molecule has 29 heavy (non-hydrogen) atoms. The van der Waals surface area contributed by atoms with Crippen LogP contribution in [-0.4, -0.2) is 50.1 Å². The van der Waals surface area contributed by atoms with Crippen LogP contribution >= 0.6 is 11.3 Å². The van der Waals surface area contributed by atoms with Crippen molar-refractivity contribution in [3.8, 4) is 0 Å². The zero-order valence-corrected chi connectivity index (χ0v) is 17.9. The third-order valence-electron chi connectivity index (χ3n) is 6.15. The molecule has 1 aromatic carbocycles. The first-order valence-corrected chi connectivity index (χ1v) is 11.6. The monoisotopic (exact) mass is 415 g/mol. The van der Waals surface area contributed by atoms with Crippen LogP contribution in [0.2, 0.25) is 0 Å². The third-order valence-corrected chi connectivity index (χ3v) is 7.20. The molecule has 1 N–H and O–H groups in total. The van der Waals surface area contributed by atoms with Crippen molar-refractivity contribution >= 4 is 22.9 Å². The summed E-state index contributed by atoms with van der Waals surface area (Å²) in [5.74, 6) is 0.672. The van der Waals surface area contributed by atoms with Gasteiger partial charge in [0.05, 0.1) is 11.3 Å². The summed E-state index contributed by atoms with van der Waals surface area (Å²) in [7, 11) is 0. The molecule has 1 atom stereocenters. The van der Waals surface area contributed by atoms with Crippen molar-refractivity contribution in [3.05, 3.63) is 51.5 Å². The summed E-state index contributed by atoms with van der Waals surface area (Å²) in [6.07, 6.45) is 4.28. The Hall–Kier alpha value is -1.92. The number of anilines is 1. The van der Waals surface area contributed by atoms with Gasteiger partial charge >= 0.3 is 0 Å². The summed E-state index contributed by atoms with van der Waals surface area (Å²) in [4.78, 5) is 18.5. The fraction of sp³-hybridized carbons (Fsp3) is 0.522. The van der Waals surface area contributed by atoms with Gasteiger partial charge in [0, 0.05) is 43.0 Å². The third kappa shape index (κ3) is 4.81. The molecule has 6 heteroatoms. The minimum atomic E-state index is -0.145. The molecule has 4 rings (SSSR count). The van der Waals surface area contributed by atoms with E-state index in [0.717, 1.165) is 63.5 Å². The number of nitrogens with one attached hydrogen (secondary N) is 1. The molecule has 1 amide bonds. The Morgan fingerprint density at radius 3 is 2.83 bits per heavy atom. The number of halogens is 1. The molecule has 1 aliphatic heterocycles. The number of rotatable bonds is 6. The number of thiophene rings is 1. The van der Waals surface area contributed by atoms with Gasteiger partial charge < -0.3 is 10.2 Å². The summed E-state index contributed by atoms with van der Waals surface area (Å²) < 4.78 is 13.9. The number of piperazine rings is 1. The van der Waals surface area contributed by atoms with Gasteiger partial charge in [-0.2, -0.15) is 0 Å². The fourth-order valence-corrected chi connectivity index (χ4v) is 5.63. The second-order valence-electron chi connectivity index (χ2n) is 8.29. The largest absolute Gasteiger partial charge is 0.367 e. The summed E-state index contributed by atoms with van der Waals surface area (Å²) in [6, 6.07) is 6.99. The van der Waals surface area contributed by atoms with Gasteiger partial charge in [0.2, 0.25) is 0 Å². The van der Waals surface area contributed by atoms with Crippen LogP contribution < -0.4 is 10.2 Å². The molecule has 2 aliphatic rings. The Kier molecular flexibility index (Phi) is 6.50. The van der Waals surface area contributed by atoms with E-state index in [2.05, 4.69) is 22.0 Å². The Labute approximate surface area is 176 Å². The van der Waals surface area contributed by atoms with Gasteiger partial charge in [0.25, 0.3) is 5.91 Å². The Morgan fingerprint density at radius 2 is 2.03 bits per heavy atom. The first kappa shape index (κ1) is 20.4. The predicted molar refractivity (Wildman–Crippen MR) is 118 cm³/mol. The smallest absolute Gasteiger partial charge is 0.252 e. The number of amides is 1. The van der Waals surface area contributed by atoms with Crippen molar-refractivity contribution in [1.29, 1.82) is 0 Å². The van der Waals surface area contributed by atoms with Crippen LogP contribution in [0.15, 0.2) is 29.6 Å². The first-order valence-electron chi connectivity index (χ1n) is 10.7. The van der Waals surface area contributed by atoms with Gasteiger partial charge in [-0.15, -0.1) is 11.3 Å². The van der Waals surface area contributed by atoms with E-state index in [1.165, 1.54) is 22.9 Å². The maximum atomic E-state index is 13.9. The molecule has 1 aromatic heterocycles. The SMILES string of the molecule is CC1CCc2c(C(=O)NCCCN3CCN(c4ccccc4F)CC3)csc2C1. The molecular weight excluding hydrogens is 385 g/mol. The number of nitrogens with zero attached hydrogens (tertiary/aromatic N) is 2. The summed E-state index contributed by atoms with van der Waals surface area (Å²) >= 11 is 1.74. The summed E-state index contributed by atoms with van der Waals surface area (Å²) in [5, 5.41) is 5.15. The van der Waals surface area contributed by atoms with Crippen LogP contribution in [0.5, 0.6) is 0 Å². The van der Waals surface area contributed by atoms with E-state index in [1.54, 1.807) is 17.4 Å². The van der Waals surface area contributed by atoms with Crippen molar-refractivity contribution in [2.75, 3.05) is 44.2 Å². The predicted octanol–water partition coefficient (Wildman–Crippen LogP) is 3.95. The zero-order valence-electron chi connectivity index (χ0n) is 17.1. The number of benzene rings is 1. The molecule has 1 unspecified atom stereocenters. The lowest BCUT2D eigenvalue weighted by molar-refractivity contribution is 0.0950. The van der Waals surface area contributed by atoms with Gasteiger partial charge in [0.1, 0.15) is 5.82 Å². The van der Waals surface area contributed by atoms with Gasteiger partial charge in [-0.1, -0.05) is 19.1 Å². The van der Waals surface area contributed by atoms with Gasteiger partial charge in [-0.25, -0.2) is 4.39 Å². The average Bonchev–Trinajstić information content (AvgIpc) is 3.15. The second-order valence-corrected chi connectivity index (χ2v) is 9.25. The quantitative estimate of drug-likeness (QED) is 0.726. The average molecular weight is 416 g/mol. The molecule has 1 fully saturated rings. The summed E-state index contributed by atoms with van der Waals surface area (Å²) in [6.45, 7) is 7.49. The molecule has 0 spiro atoms. The highest BCUT2D eigenvalue weighted by Gasteiger charge is 2.23. The molecule has 156 valence electrons. The highest BCUT2D eigenvalue weighted by Crippen LogP contribution is 2.32. The Bertz CT molecular complexity index is 844. The second kappa shape index (κ2) is 9.26. The molecule has 0 radical (unpaired) electrons. The Balaban J connectivity index is 1.18. The minimum absolute atomic E-state index is 0.0847. The lowest BCUT2D eigenvalue weighted by Gasteiger charge is -2.36. The molecule has 0 bridgehead atoms. The number of carbonyl (C=O) groups is 1. The lowest BCUT2D eigenvalue weighted by atomic mass is 9.88. The van der Waals surface area contributed by atoms with E-state index in [1.807, 2.05) is 17.5 Å². The van der Waals surface area contributed by atoms with Crippen LogP contribution in [0.3, 0.4) is 0 Å². The van der Waals surface area contributed by atoms with E-state index in [0.29, 0.717) is 12.2 Å². The van der Waals surface area contributed by atoms with E-state index in [4.69, 9.17) is 0 Å². The zero-order chi connectivity index (χ0) is 20.2. The van der Waals surface area contributed by atoms with Gasteiger partial charge in [-0.3, -0.25) is 9.69 Å². The number of para-hydroxylation sites is 1. The van der Waals surface area contributed by atoms with E-state index in [9.17, 15) is 9.18 Å². The van der Waals surface area contributed by atoms with Gasteiger partial charge in [0.15, 0.2) is 0 Å². The maximum absolute atomic E-state index is 13.9. The molecule has 1 aliphatic carbocycles. The van der Waals surface area contributed by atoms with Crippen molar-refractivity contribution in [3.63, 3.8) is 0 Å². The standard InChI is InChI=1S/C23H30FN3OS/c1-17-7-8-18-19(16-29-22(18)15-17)23(28)25-9-4-10-26-11-13-27(14-12-26)21-6-3-2-5-20(21)24/h2-3,5-6,16-17H,4,7-15H2,1H3,(H,25,28). The van der Waals surface area contributed by atoms with Gasteiger partial charge in [-0.05, 0) is 55.8 Å². The van der Waals surface area contributed by atoms with Crippen LogP contribution in [0, 0.1) is 11.7 Å². The van der Waals surface area contributed by atoms with Crippen LogP contribution in [0.1, 0.15) is 40.6 Å². The maximum Gasteiger partial charge on any atom is 0.252 e. The number of carbonyl (C=O) groups excluding carboxylic acids is 1.